The van der Waals surface area contributed by atoms with Crippen LogP contribution in [0.2, 0.25) is 0 Å². The second kappa shape index (κ2) is 5.94. The Bertz CT molecular complexity index is 792. The van der Waals surface area contributed by atoms with E-state index in [0.717, 1.165) is 11.4 Å². The number of anilines is 1. The molecule has 114 valence electrons. The summed E-state index contributed by atoms with van der Waals surface area (Å²) in [7, 11) is 0. The number of nitrogens with one attached hydrogen (secondary N) is 1. The molecule has 0 spiro atoms. The van der Waals surface area contributed by atoms with Crippen LogP contribution in [0.5, 0.6) is 0 Å². The van der Waals surface area contributed by atoms with Gasteiger partial charge in [0.1, 0.15) is 16.9 Å². The highest BCUT2D eigenvalue weighted by atomic mass is 35.5. The number of aromatic nitrogens is 3. The van der Waals surface area contributed by atoms with Crippen LogP contribution in [0.15, 0.2) is 34.3 Å². The van der Waals surface area contributed by atoms with Crippen LogP contribution in [-0.4, -0.2) is 26.0 Å². The van der Waals surface area contributed by atoms with Gasteiger partial charge in [-0.15, -0.1) is 22.9 Å². The number of alkyl halides is 1. The Morgan fingerprint density at radius 1 is 1.55 bits per heavy atom. The molecule has 0 aromatic carbocycles. The number of carbonyl (C=O) groups is 1. The van der Waals surface area contributed by atoms with Crippen molar-refractivity contribution in [3.05, 3.63) is 35.5 Å². The Morgan fingerprint density at radius 3 is 3.05 bits per heavy atom. The van der Waals surface area contributed by atoms with Crippen LogP contribution in [0.4, 0.5) is 5.82 Å². The quantitative estimate of drug-likeness (QED) is 0.740. The summed E-state index contributed by atoms with van der Waals surface area (Å²) in [5.74, 6) is 0.937. The zero-order chi connectivity index (χ0) is 15.7. The highest BCUT2D eigenvalue weighted by molar-refractivity contribution is 7.12. The van der Waals surface area contributed by atoms with Gasteiger partial charge in [-0.1, -0.05) is 0 Å². The van der Waals surface area contributed by atoms with Gasteiger partial charge in [-0.05, 0) is 26.0 Å². The molecular formula is C14H13ClN4O2S. The number of rotatable bonds is 4. The van der Waals surface area contributed by atoms with E-state index < -0.39 is 5.38 Å². The molecular weight excluding hydrogens is 324 g/mol. The minimum absolute atomic E-state index is 0.286. The van der Waals surface area contributed by atoms with Crippen molar-refractivity contribution >= 4 is 34.7 Å². The molecule has 0 aliphatic rings. The van der Waals surface area contributed by atoms with Crippen molar-refractivity contribution in [1.29, 1.82) is 0 Å². The van der Waals surface area contributed by atoms with Gasteiger partial charge in [0.15, 0.2) is 5.76 Å². The van der Waals surface area contributed by atoms with E-state index in [1.165, 1.54) is 11.3 Å². The molecule has 3 heterocycles. The maximum absolute atomic E-state index is 11.8. The normalized spacial score (nSPS) is 12.3. The summed E-state index contributed by atoms with van der Waals surface area (Å²) in [4.78, 5) is 16.3. The number of furan rings is 1. The van der Waals surface area contributed by atoms with Crippen molar-refractivity contribution in [3.8, 4) is 16.6 Å². The van der Waals surface area contributed by atoms with Crippen LogP contribution in [0.3, 0.4) is 0 Å². The molecule has 8 heteroatoms. The first-order chi connectivity index (χ1) is 10.5. The van der Waals surface area contributed by atoms with Crippen LogP contribution >= 0.6 is 22.9 Å². The molecule has 1 amide bonds. The van der Waals surface area contributed by atoms with Crippen LogP contribution < -0.4 is 5.32 Å². The fourth-order valence-corrected chi connectivity index (χ4v) is 2.69. The van der Waals surface area contributed by atoms with E-state index in [1.807, 2.05) is 18.4 Å². The first kappa shape index (κ1) is 14.8. The van der Waals surface area contributed by atoms with Gasteiger partial charge in [-0.2, -0.15) is 9.78 Å². The zero-order valence-electron chi connectivity index (χ0n) is 11.9. The Balaban J connectivity index is 1.93. The van der Waals surface area contributed by atoms with E-state index in [0.29, 0.717) is 16.7 Å². The summed E-state index contributed by atoms with van der Waals surface area (Å²) < 4.78 is 6.91. The highest BCUT2D eigenvalue weighted by Crippen LogP contribution is 2.26. The number of aryl methyl sites for hydroxylation is 1. The van der Waals surface area contributed by atoms with Crippen LogP contribution in [-0.2, 0) is 4.79 Å². The molecule has 3 aromatic heterocycles. The van der Waals surface area contributed by atoms with Crippen molar-refractivity contribution < 1.29 is 9.21 Å². The fraction of sp³-hybridized carbons (Fsp3) is 0.214. The lowest BCUT2D eigenvalue weighted by atomic mass is 10.4. The predicted molar refractivity (Wildman–Crippen MR) is 85.6 cm³/mol. The number of carbonyl (C=O) groups excluding carboxylic acids is 1. The van der Waals surface area contributed by atoms with Crippen molar-refractivity contribution in [2.75, 3.05) is 5.32 Å². The van der Waals surface area contributed by atoms with E-state index in [-0.39, 0.29) is 5.91 Å². The number of thiazole rings is 1. The largest absolute Gasteiger partial charge is 0.463 e. The third-order valence-electron chi connectivity index (χ3n) is 2.89. The third kappa shape index (κ3) is 2.90. The van der Waals surface area contributed by atoms with E-state index in [1.54, 1.807) is 30.0 Å². The van der Waals surface area contributed by atoms with E-state index in [4.69, 9.17) is 16.0 Å². The molecule has 1 unspecified atom stereocenters. The van der Waals surface area contributed by atoms with Gasteiger partial charge in [-0.3, -0.25) is 4.79 Å². The number of nitrogens with zero attached hydrogens (tertiary/aromatic N) is 3. The Kier molecular flexibility index (Phi) is 4.00. The fourth-order valence-electron chi connectivity index (χ4n) is 1.86. The molecule has 3 rings (SSSR count). The van der Waals surface area contributed by atoms with E-state index >= 15 is 0 Å². The summed E-state index contributed by atoms with van der Waals surface area (Å²) in [6, 6.07) is 5.41. The highest BCUT2D eigenvalue weighted by Gasteiger charge is 2.17. The topological polar surface area (TPSA) is 73.0 Å². The molecule has 0 aliphatic heterocycles. The maximum atomic E-state index is 11.8. The molecule has 3 aromatic rings. The predicted octanol–water partition coefficient (Wildman–Crippen LogP) is 3.46. The number of amides is 1. The van der Waals surface area contributed by atoms with Crippen LogP contribution in [0.1, 0.15) is 12.6 Å². The van der Waals surface area contributed by atoms with Gasteiger partial charge in [0.05, 0.1) is 12.0 Å². The molecule has 0 saturated carbocycles. The van der Waals surface area contributed by atoms with Gasteiger partial charge in [0.25, 0.3) is 0 Å². The first-order valence-corrected chi connectivity index (χ1v) is 7.87. The van der Waals surface area contributed by atoms with Gasteiger partial charge in [0, 0.05) is 11.4 Å². The van der Waals surface area contributed by atoms with Crippen molar-refractivity contribution in [3.63, 3.8) is 0 Å². The summed E-state index contributed by atoms with van der Waals surface area (Å²) in [6.45, 7) is 3.46. The molecule has 22 heavy (non-hydrogen) atoms. The van der Waals surface area contributed by atoms with Gasteiger partial charge in [-0.25, -0.2) is 4.98 Å². The summed E-state index contributed by atoms with van der Waals surface area (Å²) in [6.07, 6.45) is 1.60. The Labute approximate surface area is 135 Å². The lowest BCUT2D eigenvalue weighted by Gasteiger charge is -2.07. The van der Waals surface area contributed by atoms with Crippen LogP contribution in [0.25, 0.3) is 16.6 Å². The maximum Gasteiger partial charge on any atom is 0.243 e. The molecule has 1 atom stereocenters. The minimum Gasteiger partial charge on any atom is -0.463 e. The number of halogens is 1. The monoisotopic (exact) mass is 336 g/mol. The van der Waals surface area contributed by atoms with Gasteiger partial charge >= 0.3 is 0 Å². The van der Waals surface area contributed by atoms with Gasteiger partial charge < -0.3 is 9.73 Å². The summed E-state index contributed by atoms with van der Waals surface area (Å²) in [5, 5.41) is 9.00. The van der Waals surface area contributed by atoms with Crippen LogP contribution in [0, 0.1) is 6.92 Å². The smallest absolute Gasteiger partial charge is 0.243 e. The first-order valence-electron chi connectivity index (χ1n) is 6.56. The molecule has 1 N–H and O–H groups in total. The molecule has 0 radical (unpaired) electrons. The van der Waals surface area contributed by atoms with Crippen molar-refractivity contribution in [2.45, 2.75) is 19.2 Å². The lowest BCUT2D eigenvalue weighted by molar-refractivity contribution is -0.115. The van der Waals surface area contributed by atoms with Crippen molar-refractivity contribution in [2.24, 2.45) is 0 Å². The second-order valence-corrected chi connectivity index (χ2v) is 6.17. The van der Waals surface area contributed by atoms with Gasteiger partial charge in [0.2, 0.25) is 11.0 Å². The average molecular weight is 337 g/mol. The Morgan fingerprint density at radius 2 is 2.36 bits per heavy atom. The number of hydrogen-bond donors (Lipinski definition) is 1. The zero-order valence-corrected chi connectivity index (χ0v) is 13.5. The molecule has 0 saturated heterocycles. The number of hydrogen-bond acceptors (Lipinski definition) is 5. The lowest BCUT2D eigenvalue weighted by Crippen LogP contribution is -2.22. The minimum atomic E-state index is -0.626. The molecule has 6 nitrogen and oxygen atoms in total. The second-order valence-electron chi connectivity index (χ2n) is 4.68. The third-order valence-corrected chi connectivity index (χ3v) is 3.91. The molecule has 0 bridgehead atoms. The molecule has 0 aliphatic carbocycles. The SMILES string of the molecule is Cc1cc(NC(=O)C(C)Cl)n(-c2nc(-c3ccco3)cs2)n1. The Hall–Kier alpha value is -2.12. The van der Waals surface area contributed by atoms with E-state index in [9.17, 15) is 4.79 Å². The average Bonchev–Trinajstić information content (AvgIpc) is 3.17. The van der Waals surface area contributed by atoms with Crippen molar-refractivity contribution in [1.82, 2.24) is 14.8 Å². The summed E-state index contributed by atoms with van der Waals surface area (Å²) in [5.41, 5.74) is 1.49. The standard InChI is InChI=1S/C14H13ClN4O2S/c1-8-6-12(17-13(20)9(2)15)19(18-8)14-16-10(7-22-14)11-4-3-5-21-11/h3-7,9H,1-2H3,(H,17,20). The summed E-state index contributed by atoms with van der Waals surface area (Å²) >= 11 is 7.20. The van der Waals surface area contributed by atoms with E-state index in [2.05, 4.69) is 15.4 Å². The molecule has 0 fully saturated rings.